The van der Waals surface area contributed by atoms with Gasteiger partial charge in [0.15, 0.2) is 5.69 Å². The average molecular weight is 375 g/mol. The van der Waals surface area contributed by atoms with Crippen molar-refractivity contribution < 1.29 is 19.8 Å². The third-order valence-electron chi connectivity index (χ3n) is 3.85. The number of amides is 1. The lowest BCUT2D eigenvalue weighted by Crippen LogP contribution is -2.47. The maximum absolute atomic E-state index is 12.1. The molecule has 0 spiro atoms. The first-order valence-electron chi connectivity index (χ1n) is 7.38. The summed E-state index contributed by atoms with van der Waals surface area (Å²) in [5.41, 5.74) is -2.05. The Kier molecular flexibility index (Phi) is 6.39. The van der Waals surface area contributed by atoms with Gasteiger partial charge in [-0.15, -0.1) is 5.46 Å². The number of hydrogen-bond donors (Lipinski definition) is 3. The van der Waals surface area contributed by atoms with Crippen LogP contribution in [0.4, 0.5) is 0 Å². The average Bonchev–Trinajstić information content (AvgIpc) is 2.63. The summed E-state index contributed by atoms with van der Waals surface area (Å²) in [5.74, 6) is -5.21. The highest BCUT2D eigenvalue weighted by molar-refractivity contribution is 6.66. The number of carbonyl (C=O) groups excluding carboxylic acids is 1. The molecule has 0 saturated heterocycles. The molecule has 0 bridgehead atoms. The van der Waals surface area contributed by atoms with Crippen molar-refractivity contribution in [3.05, 3.63) is 10.7 Å². The second-order valence-electron chi connectivity index (χ2n) is 5.62. The van der Waals surface area contributed by atoms with E-state index in [9.17, 15) is 14.7 Å². The highest BCUT2D eigenvalue weighted by atomic mass is 35.5. The molecule has 2 aromatic rings. The smallest absolute Gasteiger partial charge is 0.316 e. The number of nitrogens with one attached hydrogen (secondary N) is 1. The van der Waals surface area contributed by atoms with E-state index < -0.39 is 34.7 Å². The molecule has 6 nitrogen and oxygen atoms in total. The van der Waals surface area contributed by atoms with Crippen molar-refractivity contribution in [2.75, 3.05) is 0 Å². The first-order chi connectivity index (χ1) is 12.9. The molecule has 14 heteroatoms. The molecule has 1 amide bonds. The van der Waals surface area contributed by atoms with Crippen LogP contribution in [-0.2, 0) is 4.79 Å². The van der Waals surface area contributed by atoms with E-state index in [4.69, 9.17) is 71.6 Å². The van der Waals surface area contributed by atoms with Crippen LogP contribution in [0.5, 0.6) is 5.75 Å². The van der Waals surface area contributed by atoms with Gasteiger partial charge < -0.3 is 15.5 Å². The Hall–Kier alpha value is -2.15. The Morgan fingerprint density at radius 2 is 1.50 bits per heavy atom. The predicted octanol–water partition coefficient (Wildman–Crippen LogP) is -5.82. The van der Waals surface area contributed by atoms with Crippen molar-refractivity contribution in [3.8, 4) is 16.9 Å². The van der Waals surface area contributed by atoms with Crippen LogP contribution in [0.15, 0.2) is 0 Å². The van der Waals surface area contributed by atoms with Crippen LogP contribution in [-0.4, -0.2) is 87.9 Å². The van der Waals surface area contributed by atoms with Crippen molar-refractivity contribution in [3.63, 3.8) is 0 Å². The lowest BCUT2D eigenvalue weighted by molar-refractivity contribution is -0.137. The van der Waals surface area contributed by atoms with Gasteiger partial charge in [-0.3, -0.25) is 14.6 Å². The Bertz CT molecular complexity index is 989. The Morgan fingerprint density at radius 3 is 2.04 bits per heavy atom. The summed E-state index contributed by atoms with van der Waals surface area (Å²) in [7, 11) is 40.4. The molecule has 1 aromatic carbocycles. The molecule has 2 rings (SSSR count). The van der Waals surface area contributed by atoms with E-state index in [0.717, 1.165) is 0 Å². The number of carbonyl (C=O) groups is 2. The van der Waals surface area contributed by atoms with Gasteiger partial charge in [0.05, 0.1) is 5.94 Å². The van der Waals surface area contributed by atoms with Crippen LogP contribution in [0.3, 0.4) is 0 Å². The zero-order valence-electron chi connectivity index (χ0n) is 14.2. The largest absolute Gasteiger partial charge is 0.506 e. The van der Waals surface area contributed by atoms with E-state index in [1.54, 1.807) is 0 Å². The van der Waals surface area contributed by atoms with Gasteiger partial charge in [-0.1, -0.05) is 28.0 Å². The van der Waals surface area contributed by atoms with E-state index in [1.165, 1.54) is 0 Å². The minimum absolute atomic E-state index is 0.0382. The molecule has 0 aliphatic heterocycles. The molecule has 0 aliphatic carbocycles. The lowest BCUT2D eigenvalue weighted by atomic mass is 9.63. The summed E-state index contributed by atoms with van der Waals surface area (Å²) in [4.78, 5) is 26.6. The molecule has 3 N–H and O–H groups in total. The third-order valence-corrected chi connectivity index (χ3v) is 4.25. The zero-order chi connectivity index (χ0) is 21.5. The number of pyridine rings is 1. The Labute approximate surface area is 175 Å². The molecule has 0 aliphatic rings. The van der Waals surface area contributed by atoms with Gasteiger partial charge in [0.1, 0.15) is 60.7 Å². The van der Waals surface area contributed by atoms with Gasteiger partial charge in [0.2, 0.25) is 0 Å². The molecule has 0 saturated carbocycles. The van der Waals surface area contributed by atoms with Crippen molar-refractivity contribution in [1.29, 1.82) is 0 Å². The van der Waals surface area contributed by atoms with Crippen LogP contribution in [0, 0.1) is 0 Å². The van der Waals surface area contributed by atoms with Crippen LogP contribution in [0.25, 0.3) is 11.1 Å². The quantitative estimate of drug-likeness (QED) is 0.463. The second-order valence-corrected chi connectivity index (χ2v) is 5.99. The Morgan fingerprint density at radius 1 is 0.929 bits per heavy atom. The van der Waals surface area contributed by atoms with Crippen LogP contribution in [0.2, 0.25) is 5.02 Å². The predicted molar refractivity (Wildman–Crippen MR) is 113 cm³/mol. The normalized spacial score (nSPS) is 11.8. The highest BCUT2D eigenvalue weighted by Gasteiger charge is 2.24. The number of nitrogens with zero attached hydrogens (tertiary/aromatic N) is 1. The number of hydrogen-bond acceptors (Lipinski definition) is 4. The Balaban J connectivity index is 2.71. The third kappa shape index (κ3) is 3.72. The lowest BCUT2D eigenvalue weighted by Gasteiger charge is -2.23. The molecule has 122 valence electrons. The van der Waals surface area contributed by atoms with Crippen LogP contribution < -0.4 is 38.2 Å². The number of carboxylic acids is 1. The summed E-state index contributed by atoms with van der Waals surface area (Å²) in [6.07, 6.45) is 0. The minimum Gasteiger partial charge on any atom is -0.506 e. The maximum atomic E-state index is 12.1. The standard InChI is InChI=1S/C14H4B7ClN2O4/c15-3-1(4(16)8(22)7(19)6(3)18)2-5(17)10(25)9(23-11(2)20)13(26)24-12(21)14(27)28/h12,25H,(H,24,26)(H,27,28). The molecule has 0 fully saturated rings. The molecular weight excluding hydrogens is 371 g/mol. The summed E-state index contributed by atoms with van der Waals surface area (Å²) in [5, 5.41) is 20.8. The summed E-state index contributed by atoms with van der Waals surface area (Å²) < 4.78 is 0. The van der Waals surface area contributed by atoms with Crippen LogP contribution in [0.1, 0.15) is 10.5 Å². The van der Waals surface area contributed by atoms with E-state index >= 15 is 0 Å². The number of halogens is 1. The fourth-order valence-corrected chi connectivity index (χ4v) is 2.57. The molecular formula is C14H4B7ClN2O4. The number of carboxylic acid groups (broad SMARTS) is 1. The number of rotatable bonds is 4. The molecule has 28 heavy (non-hydrogen) atoms. The fourth-order valence-electron chi connectivity index (χ4n) is 2.37. The van der Waals surface area contributed by atoms with Gasteiger partial charge in [-0.2, -0.15) is 0 Å². The molecule has 1 aromatic heterocycles. The van der Waals surface area contributed by atoms with Gasteiger partial charge in [-0.05, 0) is 22.2 Å². The van der Waals surface area contributed by atoms with Gasteiger partial charge in [0.25, 0.3) is 5.91 Å². The fraction of sp³-hybridized carbons (Fsp3) is 0.0714. The molecule has 14 radical (unpaired) electrons. The summed E-state index contributed by atoms with van der Waals surface area (Å²) in [6.45, 7) is 0. The van der Waals surface area contributed by atoms with Gasteiger partial charge in [-0.25, -0.2) is 0 Å². The minimum atomic E-state index is -1.75. The van der Waals surface area contributed by atoms with Crippen molar-refractivity contribution in [1.82, 2.24) is 10.3 Å². The second kappa shape index (κ2) is 8.07. The van der Waals surface area contributed by atoms with E-state index in [2.05, 4.69) is 4.98 Å². The number of aliphatic carboxylic acids is 1. The van der Waals surface area contributed by atoms with E-state index in [0.29, 0.717) is 0 Å². The van der Waals surface area contributed by atoms with Gasteiger partial charge in [0, 0.05) is 5.02 Å². The van der Waals surface area contributed by atoms with Crippen molar-refractivity contribution in [2.24, 2.45) is 0 Å². The summed E-state index contributed by atoms with van der Waals surface area (Å²) in [6, 6.07) is 0. The SMILES string of the molecule is [B]c1nc(C(=O)NC([B])C(=O)O)c(O)c([B])c1-c1c([B])c([B])c([B])c(Cl)c1[B]. The number of aromatic hydroxyl groups is 1. The first-order valence-corrected chi connectivity index (χ1v) is 7.76. The van der Waals surface area contributed by atoms with Crippen molar-refractivity contribution >= 4 is 111 Å². The van der Waals surface area contributed by atoms with E-state index in [1.807, 2.05) is 5.32 Å². The maximum Gasteiger partial charge on any atom is 0.316 e. The molecule has 1 heterocycles. The molecule has 1 unspecified atom stereocenters. The van der Waals surface area contributed by atoms with Crippen molar-refractivity contribution in [2.45, 2.75) is 5.94 Å². The zero-order valence-corrected chi connectivity index (χ0v) is 14.9. The number of benzene rings is 1. The summed E-state index contributed by atoms with van der Waals surface area (Å²) >= 11 is 6.04. The highest BCUT2D eigenvalue weighted by Crippen LogP contribution is 2.18. The topological polar surface area (TPSA) is 99.5 Å². The number of aromatic nitrogens is 1. The first kappa shape index (κ1) is 22.1. The monoisotopic (exact) mass is 376 g/mol. The van der Waals surface area contributed by atoms with Crippen LogP contribution >= 0.6 is 11.6 Å². The molecule has 1 atom stereocenters. The van der Waals surface area contributed by atoms with E-state index in [-0.39, 0.29) is 43.6 Å². The van der Waals surface area contributed by atoms with Gasteiger partial charge >= 0.3 is 5.97 Å².